The van der Waals surface area contributed by atoms with Crippen LogP contribution in [0.2, 0.25) is 0 Å². The Labute approximate surface area is 148 Å². The molecule has 0 saturated carbocycles. The van der Waals surface area contributed by atoms with Crippen molar-refractivity contribution in [3.05, 3.63) is 63.6 Å². The molecule has 1 N–H and O–H groups in total. The lowest BCUT2D eigenvalue weighted by Crippen LogP contribution is -2.30. The van der Waals surface area contributed by atoms with Crippen molar-refractivity contribution in [2.75, 3.05) is 0 Å². The minimum atomic E-state index is -0.269. The van der Waals surface area contributed by atoms with E-state index in [1.165, 1.54) is 23.5 Å². The first-order chi connectivity index (χ1) is 12.1. The first-order valence-corrected chi connectivity index (χ1v) is 9.05. The Morgan fingerprint density at radius 2 is 2.16 bits per heavy atom. The predicted molar refractivity (Wildman–Crippen MR) is 93.5 cm³/mol. The lowest BCUT2D eigenvalue weighted by Gasteiger charge is -2.24. The second kappa shape index (κ2) is 6.40. The highest BCUT2D eigenvalue weighted by Crippen LogP contribution is 2.31. The first-order valence-electron chi connectivity index (χ1n) is 8.17. The second-order valence-electron chi connectivity index (χ2n) is 6.12. The van der Waals surface area contributed by atoms with Crippen molar-refractivity contribution in [1.29, 1.82) is 0 Å². The molecule has 0 aliphatic heterocycles. The van der Waals surface area contributed by atoms with Crippen molar-refractivity contribution >= 4 is 17.2 Å². The molecule has 1 aliphatic rings. The number of halogens is 1. The van der Waals surface area contributed by atoms with Gasteiger partial charge in [0.15, 0.2) is 0 Å². The standard InChI is InChI=1S/C18H17FN4OS/c1-11-17(25-10-20-11)18(24)22-15-3-2-4-16-14(15)9-21-23(16)13-7-5-12(19)6-8-13/h5-10,15H,2-4H2,1H3,(H,22,24)/t15-/m1/s1. The Bertz CT molecular complexity index is 916. The van der Waals surface area contributed by atoms with Crippen LogP contribution in [-0.4, -0.2) is 20.7 Å². The van der Waals surface area contributed by atoms with E-state index >= 15 is 0 Å². The van der Waals surface area contributed by atoms with Crippen molar-refractivity contribution in [1.82, 2.24) is 20.1 Å². The van der Waals surface area contributed by atoms with Crippen molar-refractivity contribution in [2.45, 2.75) is 32.2 Å². The number of thiazole rings is 1. The molecule has 128 valence electrons. The average molecular weight is 356 g/mol. The predicted octanol–water partition coefficient (Wildman–Crippen LogP) is 3.58. The molecule has 5 nitrogen and oxygen atoms in total. The lowest BCUT2D eigenvalue weighted by atomic mass is 9.92. The van der Waals surface area contributed by atoms with Gasteiger partial charge < -0.3 is 5.32 Å². The number of amides is 1. The third-order valence-electron chi connectivity index (χ3n) is 4.51. The molecule has 1 amide bonds. The summed E-state index contributed by atoms with van der Waals surface area (Å²) in [6.07, 6.45) is 4.54. The molecule has 0 spiro atoms. The molecule has 1 atom stereocenters. The molecule has 3 aromatic rings. The van der Waals surface area contributed by atoms with Gasteiger partial charge in [0.25, 0.3) is 5.91 Å². The molecule has 4 rings (SSSR count). The number of rotatable bonds is 3. The number of hydrogen-bond acceptors (Lipinski definition) is 4. The van der Waals surface area contributed by atoms with E-state index < -0.39 is 0 Å². The van der Waals surface area contributed by atoms with E-state index in [0.717, 1.165) is 41.9 Å². The molecular weight excluding hydrogens is 339 g/mol. The van der Waals surface area contributed by atoms with Gasteiger partial charge in [0.2, 0.25) is 0 Å². The summed E-state index contributed by atoms with van der Waals surface area (Å²) in [7, 11) is 0. The third-order valence-corrected chi connectivity index (χ3v) is 5.44. The van der Waals surface area contributed by atoms with Gasteiger partial charge in [-0.3, -0.25) is 4.79 Å². The SMILES string of the molecule is Cc1ncsc1C(=O)N[C@@H]1CCCc2c1cnn2-c1ccc(F)cc1. The van der Waals surface area contributed by atoms with Crippen LogP contribution in [0, 0.1) is 12.7 Å². The molecule has 0 bridgehead atoms. The summed E-state index contributed by atoms with van der Waals surface area (Å²) in [5.74, 6) is -0.359. The van der Waals surface area contributed by atoms with Crippen LogP contribution < -0.4 is 5.32 Å². The van der Waals surface area contributed by atoms with Gasteiger partial charge in [0, 0.05) is 11.3 Å². The highest BCUT2D eigenvalue weighted by molar-refractivity contribution is 7.11. The van der Waals surface area contributed by atoms with Crippen LogP contribution in [-0.2, 0) is 6.42 Å². The maximum atomic E-state index is 13.2. The van der Waals surface area contributed by atoms with Crippen molar-refractivity contribution in [3.8, 4) is 5.69 Å². The van der Waals surface area contributed by atoms with Crippen LogP contribution in [0.15, 0.2) is 36.0 Å². The molecular formula is C18H17FN4OS. The summed E-state index contributed by atoms with van der Waals surface area (Å²) >= 11 is 1.35. The molecule has 7 heteroatoms. The molecule has 0 unspecified atom stereocenters. The van der Waals surface area contributed by atoms with Gasteiger partial charge >= 0.3 is 0 Å². The summed E-state index contributed by atoms with van der Waals surface area (Å²) in [5, 5.41) is 7.58. The van der Waals surface area contributed by atoms with E-state index in [1.807, 2.05) is 17.8 Å². The highest BCUT2D eigenvalue weighted by Gasteiger charge is 2.27. The van der Waals surface area contributed by atoms with Crippen LogP contribution in [0.3, 0.4) is 0 Å². The Hall–Kier alpha value is -2.54. The Morgan fingerprint density at radius 1 is 1.36 bits per heavy atom. The fourth-order valence-corrected chi connectivity index (χ4v) is 3.96. The van der Waals surface area contributed by atoms with Gasteiger partial charge in [-0.25, -0.2) is 14.1 Å². The quantitative estimate of drug-likeness (QED) is 0.780. The van der Waals surface area contributed by atoms with Gasteiger partial charge in [-0.15, -0.1) is 11.3 Å². The van der Waals surface area contributed by atoms with Crippen LogP contribution in [0.1, 0.15) is 45.5 Å². The summed E-state index contributed by atoms with van der Waals surface area (Å²) in [6.45, 7) is 1.84. The molecule has 1 aliphatic carbocycles. The second-order valence-corrected chi connectivity index (χ2v) is 6.97. The molecule has 2 aromatic heterocycles. The van der Waals surface area contributed by atoms with Crippen molar-refractivity contribution in [2.24, 2.45) is 0 Å². The van der Waals surface area contributed by atoms with E-state index in [2.05, 4.69) is 15.4 Å². The van der Waals surface area contributed by atoms with E-state index in [0.29, 0.717) is 4.88 Å². The van der Waals surface area contributed by atoms with Crippen LogP contribution in [0.25, 0.3) is 5.69 Å². The molecule has 2 heterocycles. The first kappa shape index (κ1) is 16.0. The van der Waals surface area contributed by atoms with Gasteiger partial charge in [-0.1, -0.05) is 0 Å². The number of aromatic nitrogens is 3. The molecule has 0 saturated heterocycles. The number of benzene rings is 1. The number of carbonyl (C=O) groups is 1. The fourth-order valence-electron chi connectivity index (χ4n) is 3.26. The number of nitrogens with one attached hydrogen (secondary N) is 1. The summed E-state index contributed by atoms with van der Waals surface area (Å²) in [6, 6.07) is 6.22. The smallest absolute Gasteiger partial charge is 0.263 e. The Kier molecular flexibility index (Phi) is 4.09. The minimum Gasteiger partial charge on any atom is -0.344 e. The zero-order valence-corrected chi connectivity index (χ0v) is 14.5. The highest BCUT2D eigenvalue weighted by atomic mass is 32.1. The number of fused-ring (bicyclic) bond motifs is 1. The molecule has 25 heavy (non-hydrogen) atoms. The molecule has 0 radical (unpaired) electrons. The molecule has 1 aromatic carbocycles. The number of aryl methyl sites for hydroxylation is 1. The van der Waals surface area contributed by atoms with Crippen LogP contribution >= 0.6 is 11.3 Å². The topological polar surface area (TPSA) is 59.8 Å². The maximum Gasteiger partial charge on any atom is 0.263 e. The normalized spacial score (nSPS) is 16.5. The Morgan fingerprint density at radius 3 is 2.88 bits per heavy atom. The Balaban J connectivity index is 1.62. The van der Waals surface area contributed by atoms with E-state index in [1.54, 1.807) is 17.6 Å². The monoisotopic (exact) mass is 356 g/mol. The zero-order valence-electron chi connectivity index (χ0n) is 13.7. The maximum absolute atomic E-state index is 13.2. The average Bonchev–Trinajstić information content (AvgIpc) is 3.22. The number of carbonyl (C=O) groups excluding carboxylic acids is 1. The summed E-state index contributed by atoms with van der Waals surface area (Å²) in [5.41, 5.74) is 5.37. The lowest BCUT2D eigenvalue weighted by molar-refractivity contribution is 0.0936. The van der Waals surface area contributed by atoms with Gasteiger partial charge in [-0.2, -0.15) is 5.10 Å². The van der Waals surface area contributed by atoms with E-state index in [4.69, 9.17) is 0 Å². The molecule has 0 fully saturated rings. The fraction of sp³-hybridized carbons (Fsp3) is 0.278. The summed E-state index contributed by atoms with van der Waals surface area (Å²) < 4.78 is 15.0. The largest absolute Gasteiger partial charge is 0.344 e. The van der Waals surface area contributed by atoms with Crippen molar-refractivity contribution < 1.29 is 9.18 Å². The van der Waals surface area contributed by atoms with E-state index in [9.17, 15) is 9.18 Å². The van der Waals surface area contributed by atoms with Crippen LogP contribution in [0.4, 0.5) is 4.39 Å². The van der Waals surface area contributed by atoms with E-state index in [-0.39, 0.29) is 17.8 Å². The number of hydrogen-bond donors (Lipinski definition) is 1. The van der Waals surface area contributed by atoms with Gasteiger partial charge in [-0.05, 0) is 50.5 Å². The van der Waals surface area contributed by atoms with Gasteiger partial charge in [0.1, 0.15) is 10.7 Å². The van der Waals surface area contributed by atoms with Gasteiger partial charge in [0.05, 0.1) is 29.1 Å². The zero-order chi connectivity index (χ0) is 17.4. The minimum absolute atomic E-state index is 0.0630. The van der Waals surface area contributed by atoms with Crippen molar-refractivity contribution in [3.63, 3.8) is 0 Å². The third kappa shape index (κ3) is 2.95. The summed E-state index contributed by atoms with van der Waals surface area (Å²) in [4.78, 5) is 17.3. The number of nitrogens with zero attached hydrogens (tertiary/aromatic N) is 3. The van der Waals surface area contributed by atoms with Crippen LogP contribution in [0.5, 0.6) is 0 Å².